The first-order valence-electron chi connectivity index (χ1n) is 9.38. The van der Waals surface area contributed by atoms with Gasteiger partial charge in [0.05, 0.1) is 0 Å². The van der Waals surface area contributed by atoms with Gasteiger partial charge in [0.2, 0.25) is 11.8 Å². The molecule has 136 valence electrons. The van der Waals surface area contributed by atoms with Crippen LogP contribution in [-0.4, -0.2) is 53.8 Å². The normalized spacial score (nSPS) is 30.6. The van der Waals surface area contributed by atoms with Gasteiger partial charge in [0, 0.05) is 55.0 Å². The number of piperidine rings is 3. The molecule has 3 amide bonds. The predicted octanol–water partition coefficient (Wildman–Crippen LogP) is 0.388. The highest BCUT2D eigenvalue weighted by atomic mass is 16.2. The van der Waals surface area contributed by atoms with Crippen LogP contribution in [0, 0.1) is 0 Å². The lowest BCUT2D eigenvalue weighted by molar-refractivity contribution is -0.136. The summed E-state index contributed by atoms with van der Waals surface area (Å²) in [6.45, 7) is 2.39. The number of fused-ring (bicyclic) bond motifs is 4. The first kappa shape index (κ1) is 15.8. The number of piperazine rings is 1. The molecule has 26 heavy (non-hydrogen) atoms. The van der Waals surface area contributed by atoms with E-state index >= 15 is 0 Å². The monoisotopic (exact) mass is 354 g/mol. The molecular weight excluding hydrogens is 332 g/mol. The molecule has 0 spiro atoms. The Labute approximate surface area is 151 Å². The number of carbonyl (C=O) groups is 3. The van der Waals surface area contributed by atoms with Gasteiger partial charge in [-0.3, -0.25) is 19.7 Å². The minimum atomic E-state index is -0.556. The Kier molecular flexibility index (Phi) is 3.53. The highest BCUT2D eigenvalue weighted by Crippen LogP contribution is 2.37. The fourth-order valence-electron chi connectivity index (χ4n) is 4.84. The first-order valence-corrected chi connectivity index (χ1v) is 9.38. The summed E-state index contributed by atoms with van der Waals surface area (Å²) >= 11 is 0. The van der Waals surface area contributed by atoms with Gasteiger partial charge in [0.25, 0.3) is 5.91 Å². The second-order valence-corrected chi connectivity index (χ2v) is 7.69. The van der Waals surface area contributed by atoms with E-state index in [1.807, 2.05) is 12.1 Å². The van der Waals surface area contributed by atoms with Gasteiger partial charge in [-0.15, -0.1) is 0 Å². The van der Waals surface area contributed by atoms with Crippen molar-refractivity contribution in [3.05, 3.63) is 29.3 Å². The van der Waals surface area contributed by atoms with Crippen LogP contribution in [-0.2, 0) is 16.1 Å². The number of rotatable bonds is 2. The number of benzene rings is 1. The SMILES string of the molecule is O=C1CCC(N2Cc3c(cccc3N3CC4CCC3CN4)C2=O)C(=O)N1. The first-order chi connectivity index (χ1) is 12.6. The molecule has 5 heterocycles. The molecule has 5 aliphatic rings. The standard InChI is InChI=1S/C19H22N4O3/c24-17-7-6-16(18(25)21-17)23-10-14-13(19(23)26)2-1-3-15(14)22-9-11-4-5-12(22)8-20-11/h1-3,11-12,16,20H,4-10H2,(H,21,24,25). The van der Waals surface area contributed by atoms with E-state index < -0.39 is 6.04 Å². The van der Waals surface area contributed by atoms with E-state index in [1.165, 1.54) is 12.8 Å². The number of anilines is 1. The zero-order valence-electron chi connectivity index (χ0n) is 14.5. The molecule has 4 saturated heterocycles. The van der Waals surface area contributed by atoms with Gasteiger partial charge in [0.15, 0.2) is 0 Å². The van der Waals surface area contributed by atoms with Gasteiger partial charge in [-0.2, -0.15) is 0 Å². The van der Waals surface area contributed by atoms with Crippen LogP contribution >= 0.6 is 0 Å². The molecule has 1 aromatic carbocycles. The minimum Gasteiger partial charge on any atom is -0.365 e. The smallest absolute Gasteiger partial charge is 0.255 e. The molecular formula is C19H22N4O3. The Morgan fingerprint density at radius 3 is 2.62 bits per heavy atom. The number of hydrogen-bond donors (Lipinski definition) is 2. The van der Waals surface area contributed by atoms with E-state index in [4.69, 9.17) is 0 Å². The maximum absolute atomic E-state index is 12.9. The molecule has 0 radical (unpaired) electrons. The van der Waals surface area contributed by atoms with E-state index in [2.05, 4.69) is 21.6 Å². The van der Waals surface area contributed by atoms with Crippen molar-refractivity contribution in [1.82, 2.24) is 15.5 Å². The van der Waals surface area contributed by atoms with Crippen LogP contribution in [0.25, 0.3) is 0 Å². The van der Waals surface area contributed by atoms with Crippen LogP contribution < -0.4 is 15.5 Å². The summed E-state index contributed by atoms with van der Waals surface area (Å²) in [4.78, 5) is 40.7. The van der Waals surface area contributed by atoms with Crippen LogP contribution in [0.15, 0.2) is 18.2 Å². The molecule has 0 aliphatic carbocycles. The zero-order chi connectivity index (χ0) is 17.8. The Morgan fingerprint density at radius 2 is 1.92 bits per heavy atom. The van der Waals surface area contributed by atoms with Crippen molar-refractivity contribution in [2.45, 2.75) is 50.4 Å². The van der Waals surface area contributed by atoms with Crippen LogP contribution in [0.4, 0.5) is 5.69 Å². The molecule has 3 atom stereocenters. The number of nitrogens with zero attached hydrogens (tertiary/aromatic N) is 2. The maximum atomic E-state index is 12.9. The summed E-state index contributed by atoms with van der Waals surface area (Å²) in [6.07, 6.45) is 3.06. The van der Waals surface area contributed by atoms with Gasteiger partial charge in [0.1, 0.15) is 6.04 Å². The fourth-order valence-corrected chi connectivity index (χ4v) is 4.84. The van der Waals surface area contributed by atoms with E-state index in [0.717, 1.165) is 24.3 Å². The molecule has 7 nitrogen and oxygen atoms in total. The number of carbonyl (C=O) groups excluding carboxylic acids is 3. The van der Waals surface area contributed by atoms with Crippen molar-refractivity contribution in [1.29, 1.82) is 0 Å². The van der Waals surface area contributed by atoms with Crippen molar-refractivity contribution in [3.8, 4) is 0 Å². The Balaban J connectivity index is 1.46. The van der Waals surface area contributed by atoms with E-state index in [1.54, 1.807) is 4.90 Å². The van der Waals surface area contributed by atoms with Crippen molar-refractivity contribution in [2.75, 3.05) is 18.0 Å². The largest absolute Gasteiger partial charge is 0.365 e. The minimum absolute atomic E-state index is 0.100. The van der Waals surface area contributed by atoms with Crippen molar-refractivity contribution >= 4 is 23.4 Å². The topological polar surface area (TPSA) is 81.8 Å². The molecule has 3 unspecified atom stereocenters. The van der Waals surface area contributed by atoms with Crippen LogP contribution in [0.5, 0.6) is 0 Å². The molecule has 7 heteroatoms. The lowest BCUT2D eigenvalue weighted by Crippen LogP contribution is -2.61. The molecule has 1 aromatic rings. The van der Waals surface area contributed by atoms with Gasteiger partial charge in [-0.1, -0.05) is 6.07 Å². The third kappa shape index (κ3) is 2.34. The summed E-state index contributed by atoms with van der Waals surface area (Å²) in [5.41, 5.74) is 2.85. The van der Waals surface area contributed by atoms with Gasteiger partial charge in [-0.25, -0.2) is 0 Å². The summed E-state index contributed by atoms with van der Waals surface area (Å²) < 4.78 is 0. The third-order valence-electron chi connectivity index (χ3n) is 6.22. The van der Waals surface area contributed by atoms with Gasteiger partial charge >= 0.3 is 0 Å². The van der Waals surface area contributed by atoms with Crippen molar-refractivity contribution in [2.24, 2.45) is 0 Å². The van der Waals surface area contributed by atoms with Crippen molar-refractivity contribution in [3.63, 3.8) is 0 Å². The summed E-state index contributed by atoms with van der Waals surface area (Å²) in [5, 5.41) is 5.92. The highest BCUT2D eigenvalue weighted by Gasteiger charge is 2.42. The Morgan fingerprint density at radius 1 is 1.04 bits per heavy atom. The third-order valence-corrected chi connectivity index (χ3v) is 6.22. The molecule has 0 aromatic heterocycles. The van der Waals surface area contributed by atoms with Gasteiger partial charge < -0.3 is 15.1 Å². The van der Waals surface area contributed by atoms with E-state index in [0.29, 0.717) is 30.6 Å². The molecule has 0 saturated carbocycles. The predicted molar refractivity (Wildman–Crippen MR) is 94.6 cm³/mol. The second-order valence-electron chi connectivity index (χ2n) is 7.69. The molecule has 5 aliphatic heterocycles. The fraction of sp³-hybridized carbons (Fsp3) is 0.526. The Bertz CT molecular complexity index is 800. The number of imide groups is 1. The summed E-state index contributed by atoms with van der Waals surface area (Å²) in [7, 11) is 0. The average molecular weight is 354 g/mol. The lowest BCUT2D eigenvalue weighted by atomic mass is 9.91. The highest BCUT2D eigenvalue weighted by molar-refractivity contribution is 6.06. The lowest BCUT2D eigenvalue weighted by Gasteiger charge is -2.47. The molecule has 2 bridgehead atoms. The quantitative estimate of drug-likeness (QED) is 0.751. The summed E-state index contributed by atoms with van der Waals surface area (Å²) in [5.74, 6) is -0.713. The molecule has 4 fully saturated rings. The molecule has 6 rings (SSSR count). The maximum Gasteiger partial charge on any atom is 0.255 e. The van der Waals surface area contributed by atoms with E-state index in [-0.39, 0.29) is 24.1 Å². The summed E-state index contributed by atoms with van der Waals surface area (Å²) in [6, 6.07) is 6.31. The average Bonchev–Trinajstić information content (AvgIpc) is 2.99. The van der Waals surface area contributed by atoms with Crippen LogP contribution in [0.2, 0.25) is 0 Å². The Hall–Kier alpha value is -2.41. The van der Waals surface area contributed by atoms with Crippen molar-refractivity contribution < 1.29 is 14.4 Å². The van der Waals surface area contributed by atoms with Gasteiger partial charge in [-0.05, 0) is 31.4 Å². The second kappa shape index (κ2) is 5.81. The van der Waals surface area contributed by atoms with Crippen LogP contribution in [0.3, 0.4) is 0 Å². The molecule has 2 N–H and O–H groups in total. The number of amides is 3. The van der Waals surface area contributed by atoms with E-state index in [9.17, 15) is 14.4 Å². The zero-order valence-corrected chi connectivity index (χ0v) is 14.5. The number of hydrogen-bond acceptors (Lipinski definition) is 5. The number of nitrogens with one attached hydrogen (secondary N) is 2. The van der Waals surface area contributed by atoms with Crippen LogP contribution in [0.1, 0.15) is 41.6 Å².